The summed E-state index contributed by atoms with van der Waals surface area (Å²) in [5, 5.41) is 0. The first-order valence-electron chi connectivity index (χ1n) is 7.17. The Morgan fingerprint density at radius 1 is 1.23 bits per heavy atom. The summed E-state index contributed by atoms with van der Waals surface area (Å²) in [4.78, 5) is 14.0. The highest BCUT2D eigenvalue weighted by Crippen LogP contribution is 2.12. The lowest BCUT2D eigenvalue weighted by Gasteiger charge is -2.21. The van der Waals surface area contributed by atoms with Crippen molar-refractivity contribution in [3.05, 3.63) is 54.0 Å². The molecular formula is C17H21NO4. The molecule has 0 radical (unpaired) electrons. The topological polar surface area (TPSA) is 51.9 Å². The van der Waals surface area contributed by atoms with Gasteiger partial charge in [0.25, 0.3) is 5.91 Å². The third-order valence-electron chi connectivity index (χ3n) is 3.23. The number of nitrogens with zero attached hydrogens (tertiary/aromatic N) is 1. The molecule has 118 valence electrons. The summed E-state index contributed by atoms with van der Waals surface area (Å²) in [6.07, 6.45) is 1.59. The van der Waals surface area contributed by atoms with Crippen LogP contribution in [0.4, 0.5) is 0 Å². The fourth-order valence-electron chi connectivity index (χ4n) is 1.95. The van der Waals surface area contributed by atoms with Crippen molar-refractivity contribution >= 4 is 5.91 Å². The summed E-state index contributed by atoms with van der Waals surface area (Å²) in [7, 11) is 1.61. The molecule has 1 heterocycles. The molecule has 1 amide bonds. The fraction of sp³-hybridized carbons (Fsp3) is 0.353. The van der Waals surface area contributed by atoms with E-state index in [1.54, 1.807) is 24.3 Å². The van der Waals surface area contributed by atoms with Gasteiger partial charge in [-0.15, -0.1) is 0 Å². The number of furan rings is 1. The van der Waals surface area contributed by atoms with Crippen molar-refractivity contribution < 1.29 is 18.7 Å². The van der Waals surface area contributed by atoms with Gasteiger partial charge in [-0.05, 0) is 31.2 Å². The van der Waals surface area contributed by atoms with Crippen molar-refractivity contribution in [2.45, 2.75) is 13.5 Å². The molecular weight excluding hydrogens is 282 g/mol. The predicted octanol–water partition coefficient (Wildman–Crippen LogP) is 2.64. The van der Waals surface area contributed by atoms with Crippen molar-refractivity contribution in [3.8, 4) is 5.75 Å². The Hall–Kier alpha value is -2.27. The Bertz CT molecular complexity index is 563. The number of hydrogen-bond donors (Lipinski definition) is 0. The van der Waals surface area contributed by atoms with Gasteiger partial charge < -0.3 is 18.8 Å². The van der Waals surface area contributed by atoms with E-state index in [0.29, 0.717) is 25.4 Å². The van der Waals surface area contributed by atoms with Crippen LogP contribution >= 0.6 is 0 Å². The van der Waals surface area contributed by atoms with Crippen LogP contribution in [0.15, 0.2) is 47.1 Å². The van der Waals surface area contributed by atoms with Gasteiger partial charge in [0.05, 0.1) is 19.4 Å². The zero-order chi connectivity index (χ0) is 15.8. The summed E-state index contributed by atoms with van der Waals surface area (Å²) in [6, 6.07) is 11.3. The minimum Gasteiger partial charge on any atom is -0.484 e. The van der Waals surface area contributed by atoms with E-state index in [4.69, 9.17) is 13.9 Å². The maximum absolute atomic E-state index is 12.3. The summed E-state index contributed by atoms with van der Waals surface area (Å²) < 4.78 is 15.9. The van der Waals surface area contributed by atoms with Crippen LogP contribution in [0.25, 0.3) is 0 Å². The van der Waals surface area contributed by atoms with Gasteiger partial charge in [0.15, 0.2) is 6.61 Å². The maximum Gasteiger partial charge on any atom is 0.260 e. The number of aryl methyl sites for hydroxylation is 1. The lowest BCUT2D eigenvalue weighted by atomic mass is 10.2. The molecule has 0 spiro atoms. The van der Waals surface area contributed by atoms with Gasteiger partial charge in [0, 0.05) is 13.7 Å². The summed E-state index contributed by atoms with van der Waals surface area (Å²) >= 11 is 0. The number of carbonyl (C=O) groups is 1. The third kappa shape index (κ3) is 4.93. The first-order valence-corrected chi connectivity index (χ1v) is 7.17. The van der Waals surface area contributed by atoms with Crippen molar-refractivity contribution in [1.82, 2.24) is 4.90 Å². The molecule has 5 nitrogen and oxygen atoms in total. The molecule has 0 aliphatic rings. The Morgan fingerprint density at radius 3 is 2.64 bits per heavy atom. The molecule has 0 fully saturated rings. The Morgan fingerprint density at radius 2 is 2.00 bits per heavy atom. The van der Waals surface area contributed by atoms with Crippen molar-refractivity contribution in [2.24, 2.45) is 0 Å². The average Bonchev–Trinajstić information content (AvgIpc) is 3.03. The van der Waals surface area contributed by atoms with E-state index in [-0.39, 0.29) is 12.5 Å². The third-order valence-corrected chi connectivity index (χ3v) is 3.23. The van der Waals surface area contributed by atoms with Crippen molar-refractivity contribution in [3.63, 3.8) is 0 Å². The standard InChI is InChI=1S/C17H21NO4/c1-14-5-7-15(8-6-14)22-13-17(19)18(9-11-20-2)12-16-4-3-10-21-16/h3-8,10H,9,11-13H2,1-2H3. The first kappa shape index (κ1) is 16.1. The van der Waals surface area contributed by atoms with Crippen molar-refractivity contribution in [2.75, 3.05) is 26.9 Å². The fourth-order valence-corrected chi connectivity index (χ4v) is 1.95. The van der Waals surface area contributed by atoms with E-state index < -0.39 is 0 Å². The van der Waals surface area contributed by atoms with E-state index in [9.17, 15) is 4.79 Å². The Labute approximate surface area is 130 Å². The molecule has 0 saturated heterocycles. The molecule has 0 unspecified atom stereocenters. The Balaban J connectivity index is 1.91. The number of ether oxygens (including phenoxy) is 2. The van der Waals surface area contributed by atoms with E-state index >= 15 is 0 Å². The van der Waals surface area contributed by atoms with Gasteiger partial charge in [0.2, 0.25) is 0 Å². The van der Waals surface area contributed by atoms with Crippen LogP contribution in [-0.2, 0) is 16.1 Å². The van der Waals surface area contributed by atoms with Crippen LogP contribution in [-0.4, -0.2) is 37.7 Å². The van der Waals surface area contributed by atoms with Crippen LogP contribution in [0.3, 0.4) is 0 Å². The van der Waals surface area contributed by atoms with Crippen LogP contribution in [0.2, 0.25) is 0 Å². The van der Waals surface area contributed by atoms with E-state index in [2.05, 4.69) is 0 Å². The van der Waals surface area contributed by atoms with Gasteiger partial charge in [-0.25, -0.2) is 0 Å². The summed E-state index contributed by atoms with van der Waals surface area (Å²) in [6.45, 7) is 3.37. The second kappa shape index (κ2) is 8.24. The predicted molar refractivity (Wildman–Crippen MR) is 82.7 cm³/mol. The van der Waals surface area contributed by atoms with Gasteiger partial charge in [-0.2, -0.15) is 0 Å². The van der Waals surface area contributed by atoms with Crippen molar-refractivity contribution in [1.29, 1.82) is 0 Å². The average molecular weight is 303 g/mol. The zero-order valence-corrected chi connectivity index (χ0v) is 13.0. The largest absolute Gasteiger partial charge is 0.484 e. The second-order valence-electron chi connectivity index (χ2n) is 4.99. The number of methoxy groups -OCH3 is 1. The molecule has 0 aliphatic heterocycles. The Kier molecular flexibility index (Phi) is 6.03. The number of amides is 1. The maximum atomic E-state index is 12.3. The van der Waals surface area contributed by atoms with E-state index in [0.717, 1.165) is 11.3 Å². The number of carbonyl (C=O) groups excluding carboxylic acids is 1. The lowest BCUT2D eigenvalue weighted by molar-refractivity contribution is -0.134. The highest BCUT2D eigenvalue weighted by atomic mass is 16.5. The molecule has 0 N–H and O–H groups in total. The monoisotopic (exact) mass is 303 g/mol. The smallest absolute Gasteiger partial charge is 0.260 e. The quantitative estimate of drug-likeness (QED) is 0.752. The molecule has 1 aromatic carbocycles. The number of hydrogen-bond acceptors (Lipinski definition) is 4. The van der Waals surface area contributed by atoms with Crippen LogP contribution < -0.4 is 4.74 Å². The molecule has 0 atom stereocenters. The molecule has 2 rings (SSSR count). The highest BCUT2D eigenvalue weighted by molar-refractivity contribution is 5.77. The molecule has 22 heavy (non-hydrogen) atoms. The number of rotatable bonds is 8. The molecule has 0 bridgehead atoms. The summed E-state index contributed by atoms with van der Waals surface area (Å²) in [5.41, 5.74) is 1.15. The lowest BCUT2D eigenvalue weighted by Crippen LogP contribution is -2.36. The van der Waals surface area contributed by atoms with E-state index in [1.165, 1.54) is 0 Å². The highest BCUT2D eigenvalue weighted by Gasteiger charge is 2.15. The van der Waals surface area contributed by atoms with Crippen LogP contribution in [0.1, 0.15) is 11.3 Å². The van der Waals surface area contributed by atoms with Gasteiger partial charge in [-0.3, -0.25) is 4.79 Å². The molecule has 1 aromatic heterocycles. The van der Waals surface area contributed by atoms with Crippen LogP contribution in [0, 0.1) is 6.92 Å². The molecule has 0 aliphatic carbocycles. The van der Waals surface area contributed by atoms with Gasteiger partial charge in [-0.1, -0.05) is 17.7 Å². The zero-order valence-electron chi connectivity index (χ0n) is 13.0. The van der Waals surface area contributed by atoms with Crippen LogP contribution in [0.5, 0.6) is 5.75 Å². The summed E-state index contributed by atoms with van der Waals surface area (Å²) in [5.74, 6) is 1.32. The van der Waals surface area contributed by atoms with Gasteiger partial charge in [0.1, 0.15) is 11.5 Å². The minimum absolute atomic E-state index is 0.00646. The minimum atomic E-state index is -0.103. The second-order valence-corrected chi connectivity index (χ2v) is 4.99. The van der Waals surface area contributed by atoms with E-state index in [1.807, 2.05) is 37.3 Å². The molecule has 2 aromatic rings. The first-order chi connectivity index (χ1) is 10.7. The van der Waals surface area contributed by atoms with Gasteiger partial charge >= 0.3 is 0 Å². The normalized spacial score (nSPS) is 10.5. The number of benzene rings is 1. The SMILES string of the molecule is COCCN(Cc1ccco1)C(=O)COc1ccc(C)cc1. The molecule has 5 heteroatoms. The molecule has 0 saturated carbocycles.